The van der Waals surface area contributed by atoms with Crippen molar-refractivity contribution in [2.45, 2.75) is 37.2 Å². The van der Waals surface area contributed by atoms with E-state index < -0.39 is 35.2 Å². The summed E-state index contributed by atoms with van der Waals surface area (Å²) in [7, 11) is 0. The summed E-state index contributed by atoms with van der Waals surface area (Å²) in [4.78, 5) is 24.6. The average molecular weight is 386 g/mol. The van der Waals surface area contributed by atoms with Crippen molar-refractivity contribution >= 4 is 12.2 Å². The Balaban J connectivity index is 1.17. The van der Waals surface area contributed by atoms with E-state index in [0.717, 1.165) is 12.1 Å². The van der Waals surface area contributed by atoms with Gasteiger partial charge < -0.3 is 24.4 Å². The number of nitrogens with one attached hydrogen (secondary N) is 1. The Kier molecular flexibility index (Phi) is 4.37. The molecule has 1 aromatic carbocycles. The maximum atomic E-state index is 13.6. The van der Waals surface area contributed by atoms with Crippen LogP contribution in [0.5, 0.6) is 0 Å². The quantitative estimate of drug-likeness (QED) is 0.802. The number of hydrogen-bond donors (Lipinski definition) is 1. The third-order valence-electron chi connectivity index (χ3n) is 5.00. The lowest BCUT2D eigenvalue weighted by atomic mass is 9.91. The zero-order valence-electron chi connectivity index (χ0n) is 14.2. The molecule has 0 aromatic heterocycles. The molecule has 2 saturated heterocycles. The molecule has 1 N–H and O–H groups in total. The first-order valence-electron chi connectivity index (χ1n) is 8.50. The molecule has 1 aliphatic carbocycles. The molecule has 3 aliphatic rings. The molecule has 4 rings (SSSR count). The Morgan fingerprint density at radius 1 is 1.22 bits per heavy atom. The van der Waals surface area contributed by atoms with Gasteiger partial charge in [0.1, 0.15) is 18.2 Å². The van der Waals surface area contributed by atoms with Crippen LogP contribution in [0, 0.1) is 17.5 Å². The van der Waals surface area contributed by atoms with Crippen LogP contribution in [0.2, 0.25) is 0 Å². The Morgan fingerprint density at radius 2 is 1.96 bits per heavy atom. The van der Waals surface area contributed by atoms with E-state index in [0.29, 0.717) is 25.9 Å². The van der Waals surface area contributed by atoms with Crippen LogP contribution in [0.15, 0.2) is 12.1 Å². The zero-order valence-corrected chi connectivity index (χ0v) is 14.2. The number of rotatable bonds is 4. The van der Waals surface area contributed by atoms with Crippen molar-refractivity contribution in [2.75, 3.05) is 19.7 Å². The first-order valence-corrected chi connectivity index (χ1v) is 8.50. The molecular formula is C17H17F3N2O5. The van der Waals surface area contributed by atoms with Gasteiger partial charge in [-0.3, -0.25) is 0 Å². The number of hydrogen-bond acceptors (Lipinski definition) is 5. The van der Waals surface area contributed by atoms with Gasteiger partial charge >= 0.3 is 12.2 Å². The van der Waals surface area contributed by atoms with E-state index in [1.165, 1.54) is 4.90 Å². The number of likely N-dealkylation sites (tertiary alicyclic amines) is 1. The molecule has 0 radical (unpaired) electrons. The maximum Gasteiger partial charge on any atom is 0.410 e. The van der Waals surface area contributed by atoms with Gasteiger partial charge in [-0.05, 0) is 6.07 Å². The standard InChI is InChI=1S/C17H17F3N2O5/c18-12-2-1-9(13(19)14(12)20)5-25-10-3-11(4-10)27-16(24)22-6-17(7-22)8-26-15(23)21-17/h1-2,10-11H,3-8H2,(H,21,23). The normalized spacial score (nSPS) is 25.4. The predicted octanol–water partition coefficient (Wildman–Crippen LogP) is 2.08. The molecule has 3 fully saturated rings. The molecule has 27 heavy (non-hydrogen) atoms. The van der Waals surface area contributed by atoms with E-state index in [1.54, 1.807) is 0 Å². The van der Waals surface area contributed by atoms with E-state index in [9.17, 15) is 22.8 Å². The number of amides is 2. The third-order valence-corrected chi connectivity index (χ3v) is 5.00. The van der Waals surface area contributed by atoms with Gasteiger partial charge in [-0.2, -0.15) is 0 Å². The third kappa shape index (κ3) is 3.41. The second kappa shape index (κ2) is 6.59. The maximum absolute atomic E-state index is 13.6. The van der Waals surface area contributed by atoms with Crippen molar-refractivity contribution < 1.29 is 37.0 Å². The molecule has 2 heterocycles. The van der Waals surface area contributed by atoms with Crippen molar-refractivity contribution in [3.05, 3.63) is 35.1 Å². The summed E-state index contributed by atoms with van der Waals surface area (Å²) >= 11 is 0. The molecule has 0 unspecified atom stereocenters. The van der Waals surface area contributed by atoms with Crippen molar-refractivity contribution in [1.29, 1.82) is 0 Å². The van der Waals surface area contributed by atoms with Crippen LogP contribution >= 0.6 is 0 Å². The largest absolute Gasteiger partial charge is 0.447 e. The van der Waals surface area contributed by atoms with Crippen molar-refractivity contribution in [3.8, 4) is 0 Å². The highest BCUT2D eigenvalue weighted by Gasteiger charge is 2.52. The van der Waals surface area contributed by atoms with Gasteiger partial charge in [0.25, 0.3) is 0 Å². The van der Waals surface area contributed by atoms with Crippen molar-refractivity contribution in [3.63, 3.8) is 0 Å². The van der Waals surface area contributed by atoms with Crippen LogP contribution in [0.4, 0.5) is 22.8 Å². The molecule has 0 bridgehead atoms. The Hall–Kier alpha value is -2.49. The number of alkyl carbamates (subject to hydrolysis) is 1. The van der Waals surface area contributed by atoms with Crippen LogP contribution in [-0.2, 0) is 20.8 Å². The summed E-state index contributed by atoms with van der Waals surface area (Å²) in [5, 5.41) is 2.67. The molecular weight excluding hydrogens is 369 g/mol. The Labute approximate surface area is 152 Å². The lowest BCUT2D eigenvalue weighted by molar-refractivity contribution is -0.0933. The van der Waals surface area contributed by atoms with Gasteiger partial charge in [0.15, 0.2) is 17.5 Å². The number of carbonyl (C=O) groups excluding carboxylic acids is 2. The SMILES string of the molecule is O=C1NC2(CO1)CN(C(=O)OC1CC(OCc3ccc(F)c(F)c3F)C1)C2. The molecule has 7 nitrogen and oxygen atoms in total. The first-order chi connectivity index (χ1) is 12.8. The number of cyclic esters (lactones) is 1. The van der Waals surface area contributed by atoms with Gasteiger partial charge in [0.2, 0.25) is 0 Å². The number of nitrogens with zero attached hydrogens (tertiary/aromatic N) is 1. The van der Waals surface area contributed by atoms with Gasteiger partial charge in [0, 0.05) is 18.4 Å². The summed E-state index contributed by atoms with van der Waals surface area (Å²) in [6, 6.07) is 1.98. The van der Waals surface area contributed by atoms with E-state index in [2.05, 4.69) is 5.32 Å². The molecule has 1 saturated carbocycles. The summed E-state index contributed by atoms with van der Waals surface area (Å²) in [6.07, 6.45) is -0.647. The van der Waals surface area contributed by atoms with E-state index >= 15 is 0 Å². The highest BCUT2D eigenvalue weighted by Crippen LogP contribution is 2.31. The molecule has 2 amide bonds. The van der Waals surface area contributed by atoms with Crippen molar-refractivity contribution in [1.82, 2.24) is 10.2 Å². The minimum atomic E-state index is -1.52. The molecule has 0 atom stereocenters. The first kappa shape index (κ1) is 17.9. The fourth-order valence-electron chi connectivity index (χ4n) is 3.33. The Bertz CT molecular complexity index is 778. The van der Waals surface area contributed by atoms with E-state index in [1.807, 2.05) is 0 Å². The van der Waals surface area contributed by atoms with Crippen LogP contribution in [0.1, 0.15) is 18.4 Å². The minimum absolute atomic E-state index is 0.0685. The van der Waals surface area contributed by atoms with Gasteiger partial charge in [-0.25, -0.2) is 22.8 Å². The summed E-state index contributed by atoms with van der Waals surface area (Å²) in [5.41, 5.74) is -0.573. The molecule has 2 aliphatic heterocycles. The van der Waals surface area contributed by atoms with E-state index in [-0.39, 0.29) is 31.0 Å². The number of halogens is 3. The van der Waals surface area contributed by atoms with Gasteiger partial charge in [-0.15, -0.1) is 0 Å². The second-order valence-corrected chi connectivity index (χ2v) is 7.08. The monoisotopic (exact) mass is 386 g/mol. The number of ether oxygens (including phenoxy) is 3. The lowest BCUT2D eigenvalue weighted by Gasteiger charge is -2.46. The van der Waals surface area contributed by atoms with Crippen LogP contribution in [0.3, 0.4) is 0 Å². The molecule has 146 valence electrons. The number of benzene rings is 1. The fraction of sp³-hybridized carbons (Fsp3) is 0.529. The average Bonchev–Trinajstić information content (AvgIpc) is 2.97. The second-order valence-electron chi connectivity index (χ2n) is 7.08. The highest BCUT2D eigenvalue weighted by atomic mass is 19.2. The lowest BCUT2D eigenvalue weighted by Crippen LogP contribution is -2.70. The van der Waals surface area contributed by atoms with Gasteiger partial charge in [-0.1, -0.05) is 6.07 Å². The van der Waals surface area contributed by atoms with Crippen LogP contribution in [-0.4, -0.2) is 54.5 Å². The van der Waals surface area contributed by atoms with Crippen LogP contribution in [0.25, 0.3) is 0 Å². The molecule has 1 spiro atoms. The summed E-state index contributed by atoms with van der Waals surface area (Å²) in [6.45, 7) is 0.706. The summed E-state index contributed by atoms with van der Waals surface area (Å²) < 4.78 is 55.2. The highest BCUT2D eigenvalue weighted by molar-refractivity contribution is 5.74. The summed E-state index contributed by atoms with van der Waals surface area (Å²) in [5.74, 6) is -4.02. The smallest absolute Gasteiger partial charge is 0.410 e. The molecule has 10 heteroatoms. The Morgan fingerprint density at radius 3 is 2.63 bits per heavy atom. The van der Waals surface area contributed by atoms with Crippen LogP contribution < -0.4 is 5.32 Å². The van der Waals surface area contributed by atoms with Crippen molar-refractivity contribution in [2.24, 2.45) is 0 Å². The minimum Gasteiger partial charge on any atom is -0.447 e. The zero-order chi connectivity index (χ0) is 19.2. The van der Waals surface area contributed by atoms with Gasteiger partial charge in [0.05, 0.1) is 25.8 Å². The molecule has 1 aromatic rings. The fourth-order valence-corrected chi connectivity index (χ4v) is 3.33. The number of carbonyl (C=O) groups is 2. The van der Waals surface area contributed by atoms with E-state index in [4.69, 9.17) is 14.2 Å². The topological polar surface area (TPSA) is 77.1 Å². The predicted molar refractivity (Wildman–Crippen MR) is 83.2 cm³/mol.